The summed E-state index contributed by atoms with van der Waals surface area (Å²) in [5, 5.41) is 20.5. The fourth-order valence-corrected chi connectivity index (χ4v) is 3.81. The van der Waals surface area contributed by atoms with Gasteiger partial charge in [-0.15, -0.1) is 0 Å². The third kappa shape index (κ3) is 8.20. The summed E-state index contributed by atoms with van der Waals surface area (Å²) in [6.45, 7) is 2.79. The molecule has 0 spiro atoms. The number of carbonyl (C=O) groups excluding carboxylic acids is 1. The number of halogens is 3. The Hall–Kier alpha value is -2.81. The Bertz CT molecular complexity index is 1070. The molecule has 34 heavy (non-hydrogen) atoms. The van der Waals surface area contributed by atoms with Gasteiger partial charge >= 0.3 is 0 Å². The number of hydrogen-bond acceptors (Lipinski definition) is 5. The molecule has 0 aliphatic carbocycles. The van der Waals surface area contributed by atoms with Gasteiger partial charge in [0.05, 0.1) is 12.1 Å². The van der Waals surface area contributed by atoms with Crippen molar-refractivity contribution in [3.8, 4) is 0 Å². The summed E-state index contributed by atoms with van der Waals surface area (Å²) in [5.41, 5.74) is 2.62. The van der Waals surface area contributed by atoms with Crippen LogP contribution in [0.15, 0.2) is 53.1 Å². The molecule has 182 valence electrons. The van der Waals surface area contributed by atoms with Gasteiger partial charge in [-0.05, 0) is 41.7 Å². The number of nitrogens with zero attached hydrogens (tertiary/aromatic N) is 1. The highest BCUT2D eigenvalue weighted by atomic mass is 35.5. The lowest BCUT2D eigenvalue weighted by Gasteiger charge is -2.25. The minimum absolute atomic E-state index is 0.0583. The smallest absolute Gasteiger partial charge is 0.220 e. The first-order valence-corrected chi connectivity index (χ1v) is 11.5. The van der Waals surface area contributed by atoms with Crippen LogP contribution in [-0.4, -0.2) is 34.9 Å². The highest BCUT2D eigenvalue weighted by Crippen LogP contribution is 2.14. The van der Waals surface area contributed by atoms with Gasteiger partial charge in [-0.25, -0.2) is 8.78 Å². The van der Waals surface area contributed by atoms with E-state index >= 15 is 0 Å². The van der Waals surface area contributed by atoms with Crippen molar-refractivity contribution in [2.75, 3.05) is 6.54 Å². The summed E-state index contributed by atoms with van der Waals surface area (Å²) < 4.78 is 32.3. The fraction of sp³-hybridized carbons (Fsp3) is 0.360. The molecule has 0 radical (unpaired) electrons. The van der Waals surface area contributed by atoms with Crippen LogP contribution in [0.1, 0.15) is 35.8 Å². The van der Waals surface area contributed by atoms with Gasteiger partial charge in [-0.1, -0.05) is 47.9 Å². The molecular formula is C25H28ClF2N3O3. The number of aliphatic hydroxyl groups is 1. The largest absolute Gasteiger partial charge is 0.390 e. The number of rotatable bonds is 12. The van der Waals surface area contributed by atoms with Gasteiger partial charge in [-0.2, -0.15) is 0 Å². The SMILES string of the molecule is CCc1cccc(CNC[C@H](O)[C@H](Cc2cc(F)cc(F)c2)NC(=O)CCc2cc(Cl)no2)c1. The van der Waals surface area contributed by atoms with Gasteiger partial charge in [0.25, 0.3) is 0 Å². The lowest BCUT2D eigenvalue weighted by Crippen LogP contribution is -2.48. The summed E-state index contributed by atoms with van der Waals surface area (Å²) in [4.78, 5) is 12.5. The molecule has 3 N–H and O–H groups in total. The molecule has 0 saturated carbocycles. The maximum Gasteiger partial charge on any atom is 0.220 e. The Balaban J connectivity index is 1.62. The topological polar surface area (TPSA) is 87.4 Å². The van der Waals surface area contributed by atoms with Crippen LogP contribution in [0, 0.1) is 11.6 Å². The number of aliphatic hydroxyl groups excluding tert-OH is 1. The zero-order valence-electron chi connectivity index (χ0n) is 18.9. The lowest BCUT2D eigenvalue weighted by molar-refractivity contribution is -0.122. The summed E-state index contributed by atoms with van der Waals surface area (Å²) in [6.07, 6.45) is 0.334. The number of amides is 1. The number of benzene rings is 2. The number of nitrogens with one attached hydrogen (secondary N) is 2. The van der Waals surface area contributed by atoms with Crippen molar-refractivity contribution in [2.24, 2.45) is 0 Å². The third-order valence-electron chi connectivity index (χ3n) is 5.40. The van der Waals surface area contributed by atoms with Crippen LogP contribution >= 0.6 is 11.6 Å². The molecule has 0 unspecified atom stereocenters. The zero-order chi connectivity index (χ0) is 24.5. The van der Waals surface area contributed by atoms with Crippen molar-refractivity contribution in [1.29, 1.82) is 0 Å². The minimum Gasteiger partial charge on any atom is -0.390 e. The molecule has 1 heterocycles. The normalized spacial score (nSPS) is 13.0. The highest BCUT2D eigenvalue weighted by Gasteiger charge is 2.22. The highest BCUT2D eigenvalue weighted by molar-refractivity contribution is 6.29. The standard InChI is InChI=1S/C25H28ClF2N3O3/c1-2-16-4-3-5-17(8-16)14-29-15-23(32)22(11-18-9-19(27)12-20(28)10-18)30-25(33)7-6-21-13-24(26)31-34-21/h3-5,8-10,12-13,22-23,29,32H,2,6-7,11,14-15H2,1H3,(H,30,33)/t22-,23-/m0/s1. The van der Waals surface area contributed by atoms with E-state index in [1.807, 2.05) is 12.1 Å². The van der Waals surface area contributed by atoms with E-state index in [-0.39, 0.29) is 36.9 Å². The Kier molecular flexibility index (Phi) is 9.56. The quantitative estimate of drug-likeness (QED) is 0.357. The number of aromatic nitrogens is 1. The van der Waals surface area contributed by atoms with E-state index in [2.05, 4.69) is 34.8 Å². The Morgan fingerprint density at radius 2 is 1.85 bits per heavy atom. The van der Waals surface area contributed by atoms with E-state index in [4.69, 9.17) is 16.1 Å². The molecule has 3 rings (SSSR count). The average molecular weight is 492 g/mol. The molecular weight excluding hydrogens is 464 g/mol. The maximum absolute atomic E-state index is 13.7. The molecule has 0 bridgehead atoms. The molecule has 0 saturated heterocycles. The predicted octanol–water partition coefficient (Wildman–Crippen LogP) is 3.98. The third-order valence-corrected chi connectivity index (χ3v) is 5.58. The Labute approximate surface area is 202 Å². The molecule has 1 amide bonds. The molecule has 6 nitrogen and oxygen atoms in total. The molecule has 2 atom stereocenters. The summed E-state index contributed by atoms with van der Waals surface area (Å²) >= 11 is 5.72. The summed E-state index contributed by atoms with van der Waals surface area (Å²) in [7, 11) is 0. The lowest BCUT2D eigenvalue weighted by atomic mass is 10.00. The molecule has 2 aromatic carbocycles. The second-order valence-electron chi connectivity index (χ2n) is 8.14. The second kappa shape index (κ2) is 12.6. The van der Waals surface area contributed by atoms with Gasteiger partial charge in [0.1, 0.15) is 17.4 Å². The van der Waals surface area contributed by atoms with E-state index in [0.717, 1.165) is 18.1 Å². The van der Waals surface area contributed by atoms with Gasteiger partial charge in [0.15, 0.2) is 5.15 Å². The van der Waals surface area contributed by atoms with Crippen molar-refractivity contribution in [3.05, 3.63) is 87.8 Å². The molecule has 3 aromatic rings. The van der Waals surface area contributed by atoms with Crippen molar-refractivity contribution in [2.45, 2.75) is 51.3 Å². The number of hydrogen-bond donors (Lipinski definition) is 3. The average Bonchev–Trinajstić information content (AvgIpc) is 3.22. The van der Waals surface area contributed by atoms with Crippen LogP contribution in [-0.2, 0) is 30.6 Å². The zero-order valence-corrected chi connectivity index (χ0v) is 19.6. The van der Waals surface area contributed by atoms with Crippen LogP contribution in [0.4, 0.5) is 8.78 Å². The first kappa shape index (κ1) is 25.8. The Morgan fingerprint density at radius 1 is 1.12 bits per heavy atom. The summed E-state index contributed by atoms with van der Waals surface area (Å²) in [5.74, 6) is -1.32. The van der Waals surface area contributed by atoms with Crippen molar-refractivity contribution in [1.82, 2.24) is 15.8 Å². The van der Waals surface area contributed by atoms with Crippen molar-refractivity contribution >= 4 is 17.5 Å². The number of aryl methyl sites for hydroxylation is 2. The van der Waals surface area contributed by atoms with Gasteiger partial charge in [-0.3, -0.25) is 4.79 Å². The fourth-order valence-electron chi connectivity index (χ4n) is 3.65. The van der Waals surface area contributed by atoms with Crippen LogP contribution in [0.2, 0.25) is 5.15 Å². The Morgan fingerprint density at radius 3 is 2.53 bits per heavy atom. The molecule has 9 heteroatoms. The van der Waals surface area contributed by atoms with Gasteiger partial charge in [0.2, 0.25) is 5.91 Å². The van der Waals surface area contributed by atoms with E-state index in [1.165, 1.54) is 23.8 Å². The van der Waals surface area contributed by atoms with Crippen LogP contribution in [0.25, 0.3) is 0 Å². The van der Waals surface area contributed by atoms with E-state index < -0.39 is 23.8 Å². The van der Waals surface area contributed by atoms with Crippen LogP contribution < -0.4 is 10.6 Å². The van der Waals surface area contributed by atoms with Gasteiger partial charge in [0, 0.05) is 38.1 Å². The predicted molar refractivity (Wildman–Crippen MR) is 125 cm³/mol. The van der Waals surface area contributed by atoms with Crippen LogP contribution in [0.5, 0.6) is 0 Å². The molecule has 0 fully saturated rings. The van der Waals surface area contributed by atoms with E-state index in [1.54, 1.807) is 0 Å². The molecule has 0 aliphatic rings. The number of carbonyl (C=O) groups is 1. The maximum atomic E-state index is 13.7. The van der Waals surface area contributed by atoms with Crippen LogP contribution in [0.3, 0.4) is 0 Å². The van der Waals surface area contributed by atoms with Crippen molar-refractivity contribution < 1.29 is 23.2 Å². The van der Waals surface area contributed by atoms with E-state index in [0.29, 0.717) is 17.9 Å². The monoisotopic (exact) mass is 491 g/mol. The first-order valence-electron chi connectivity index (χ1n) is 11.1. The molecule has 1 aromatic heterocycles. The second-order valence-corrected chi connectivity index (χ2v) is 8.53. The first-order chi connectivity index (χ1) is 16.3. The van der Waals surface area contributed by atoms with E-state index in [9.17, 15) is 18.7 Å². The summed E-state index contributed by atoms with van der Waals surface area (Å²) in [6, 6.07) is 12.0. The van der Waals surface area contributed by atoms with Gasteiger partial charge < -0.3 is 20.3 Å². The minimum atomic E-state index is -0.996. The molecule has 0 aliphatic heterocycles. The van der Waals surface area contributed by atoms with Crippen molar-refractivity contribution in [3.63, 3.8) is 0 Å².